The number of benzene rings is 1. The summed E-state index contributed by atoms with van der Waals surface area (Å²) in [6.07, 6.45) is 1.19. The first kappa shape index (κ1) is 14.7. The second kappa shape index (κ2) is 6.51. The highest BCUT2D eigenvalue weighted by molar-refractivity contribution is 7.92. The molecular weight excluding hydrogens is 254 g/mol. The summed E-state index contributed by atoms with van der Waals surface area (Å²) in [6, 6.07) is 7.66. The monoisotopic (exact) mass is 271 g/mol. The zero-order chi connectivity index (χ0) is 13.6. The van der Waals surface area contributed by atoms with Crippen LogP contribution >= 0.6 is 0 Å². The largest absolute Gasteiger partial charge is 0.480 e. The van der Waals surface area contributed by atoms with Crippen molar-refractivity contribution in [2.24, 2.45) is 5.73 Å². The van der Waals surface area contributed by atoms with Crippen molar-refractivity contribution in [1.82, 2.24) is 0 Å². The molecule has 0 aliphatic heterocycles. The van der Waals surface area contributed by atoms with Gasteiger partial charge >= 0.3 is 5.97 Å². The Kier molecular flexibility index (Phi) is 5.30. The molecule has 18 heavy (non-hydrogen) atoms. The summed E-state index contributed by atoms with van der Waals surface area (Å²) in [5, 5.41) is 7.66. The first-order valence-corrected chi connectivity index (χ1v) is 7.26. The lowest BCUT2D eigenvalue weighted by atomic mass is 10.2. The molecule has 1 rings (SSSR count). The number of sulfone groups is 1. The second-order valence-electron chi connectivity index (χ2n) is 3.97. The van der Waals surface area contributed by atoms with Crippen LogP contribution in [-0.4, -0.2) is 31.3 Å². The van der Waals surface area contributed by atoms with Crippen molar-refractivity contribution in [2.45, 2.75) is 29.4 Å². The lowest BCUT2D eigenvalue weighted by Gasteiger charge is -2.13. The van der Waals surface area contributed by atoms with E-state index in [2.05, 4.69) is 0 Å². The van der Waals surface area contributed by atoms with E-state index in [0.29, 0.717) is 19.4 Å². The molecule has 1 atom stereocenters. The Morgan fingerprint density at radius 3 is 2.33 bits per heavy atom. The molecule has 0 aliphatic rings. The van der Waals surface area contributed by atoms with Gasteiger partial charge in [0.25, 0.3) is 0 Å². The number of nitrogens with two attached hydrogens (primary N) is 1. The van der Waals surface area contributed by atoms with Gasteiger partial charge in [0.05, 0.1) is 4.90 Å². The number of carboxylic acids is 1. The van der Waals surface area contributed by atoms with E-state index in [-0.39, 0.29) is 11.3 Å². The smallest absolute Gasteiger partial charge is 0.322 e. The second-order valence-corrected chi connectivity index (χ2v) is 6.10. The number of rotatable bonds is 7. The van der Waals surface area contributed by atoms with Gasteiger partial charge in [0.2, 0.25) is 0 Å². The van der Waals surface area contributed by atoms with Crippen molar-refractivity contribution in [3.05, 3.63) is 30.3 Å². The van der Waals surface area contributed by atoms with Gasteiger partial charge in [-0.3, -0.25) is 4.79 Å². The third-order valence-electron chi connectivity index (χ3n) is 2.64. The van der Waals surface area contributed by atoms with Crippen LogP contribution in [0.4, 0.5) is 0 Å². The van der Waals surface area contributed by atoms with Crippen LogP contribution in [0.25, 0.3) is 0 Å². The number of aliphatic carboxylic acids is 1. The van der Waals surface area contributed by atoms with E-state index in [4.69, 9.17) is 10.8 Å². The maximum Gasteiger partial charge on any atom is 0.322 e. The van der Waals surface area contributed by atoms with Crippen LogP contribution in [-0.2, 0) is 14.6 Å². The Hall–Kier alpha value is -1.40. The van der Waals surface area contributed by atoms with E-state index in [1.807, 2.05) is 0 Å². The molecule has 1 unspecified atom stereocenters. The van der Waals surface area contributed by atoms with Crippen molar-refractivity contribution in [3.63, 3.8) is 0 Å². The Bertz CT molecular complexity index is 484. The Morgan fingerprint density at radius 1 is 1.22 bits per heavy atom. The quantitative estimate of drug-likeness (QED) is 0.722. The molecule has 0 saturated heterocycles. The minimum absolute atomic E-state index is 0.0464. The van der Waals surface area contributed by atoms with Crippen molar-refractivity contribution in [3.8, 4) is 0 Å². The predicted molar refractivity (Wildman–Crippen MR) is 68.0 cm³/mol. The zero-order valence-corrected chi connectivity index (χ0v) is 10.8. The molecule has 1 aromatic rings. The van der Waals surface area contributed by atoms with Crippen LogP contribution in [0.2, 0.25) is 0 Å². The number of hydrogen-bond acceptors (Lipinski definition) is 4. The van der Waals surface area contributed by atoms with Crippen LogP contribution in [0.5, 0.6) is 0 Å². The molecule has 0 heterocycles. The van der Waals surface area contributed by atoms with E-state index >= 15 is 0 Å². The highest BCUT2D eigenvalue weighted by Crippen LogP contribution is 2.20. The van der Waals surface area contributed by atoms with E-state index in [1.165, 1.54) is 12.1 Å². The van der Waals surface area contributed by atoms with Crippen LogP contribution in [0.1, 0.15) is 19.3 Å². The Labute approximate surface area is 107 Å². The summed E-state index contributed by atoms with van der Waals surface area (Å²) >= 11 is 0. The fourth-order valence-electron chi connectivity index (χ4n) is 1.66. The number of unbranched alkanes of at least 4 members (excludes halogenated alkanes) is 1. The van der Waals surface area contributed by atoms with Gasteiger partial charge in [-0.2, -0.15) is 0 Å². The molecular formula is C12H17NO4S. The van der Waals surface area contributed by atoms with Crippen molar-refractivity contribution < 1.29 is 18.3 Å². The van der Waals surface area contributed by atoms with E-state index in [1.54, 1.807) is 18.2 Å². The summed E-state index contributed by atoms with van der Waals surface area (Å²) in [4.78, 5) is 11.1. The SMILES string of the molecule is NCCCCC(C(=O)O)S(=O)(=O)c1ccccc1. The maximum atomic E-state index is 12.2. The van der Waals surface area contributed by atoms with Gasteiger partial charge in [-0.1, -0.05) is 24.6 Å². The fraction of sp³-hybridized carbons (Fsp3) is 0.417. The molecule has 0 bridgehead atoms. The molecule has 5 nitrogen and oxygen atoms in total. The Balaban J connectivity index is 2.95. The minimum Gasteiger partial charge on any atom is -0.480 e. The highest BCUT2D eigenvalue weighted by Gasteiger charge is 2.33. The number of hydrogen-bond donors (Lipinski definition) is 2. The molecule has 0 aromatic heterocycles. The summed E-state index contributed by atoms with van der Waals surface area (Å²) in [5.74, 6) is -1.31. The van der Waals surface area contributed by atoms with Crippen molar-refractivity contribution in [2.75, 3.05) is 6.54 Å². The number of carbonyl (C=O) groups is 1. The van der Waals surface area contributed by atoms with Crippen molar-refractivity contribution >= 4 is 15.8 Å². The fourth-order valence-corrected chi connectivity index (χ4v) is 3.27. The average molecular weight is 271 g/mol. The van der Waals surface area contributed by atoms with Crippen molar-refractivity contribution in [1.29, 1.82) is 0 Å². The predicted octanol–water partition coefficient (Wildman–Crippen LogP) is 1.04. The molecule has 0 spiro atoms. The zero-order valence-electron chi connectivity index (χ0n) is 9.95. The summed E-state index contributed by atoms with van der Waals surface area (Å²) in [6.45, 7) is 0.428. The molecule has 6 heteroatoms. The summed E-state index contributed by atoms with van der Waals surface area (Å²) in [5.41, 5.74) is 5.31. The average Bonchev–Trinajstić information content (AvgIpc) is 2.35. The van der Waals surface area contributed by atoms with Gasteiger partial charge in [0.1, 0.15) is 0 Å². The van der Waals surface area contributed by atoms with Gasteiger partial charge in [-0.25, -0.2) is 8.42 Å². The van der Waals surface area contributed by atoms with E-state index < -0.39 is 21.1 Å². The van der Waals surface area contributed by atoms with E-state index in [9.17, 15) is 13.2 Å². The molecule has 3 N–H and O–H groups in total. The molecule has 0 aliphatic carbocycles. The molecule has 0 fully saturated rings. The van der Waals surface area contributed by atoms with Gasteiger partial charge in [0.15, 0.2) is 15.1 Å². The molecule has 0 radical (unpaired) electrons. The molecule has 0 amide bonds. The standard InChI is InChI=1S/C12H17NO4S/c13-9-5-4-8-11(12(14)15)18(16,17)10-6-2-1-3-7-10/h1-3,6-7,11H,4-5,8-9,13H2,(H,14,15). The summed E-state index contributed by atoms with van der Waals surface area (Å²) < 4.78 is 24.3. The lowest BCUT2D eigenvalue weighted by Crippen LogP contribution is -2.30. The van der Waals surface area contributed by atoms with Gasteiger partial charge in [-0.05, 0) is 31.5 Å². The number of carboxylic acid groups (broad SMARTS) is 1. The first-order chi connectivity index (χ1) is 8.50. The maximum absolute atomic E-state index is 12.2. The molecule has 0 saturated carbocycles. The first-order valence-electron chi connectivity index (χ1n) is 5.72. The van der Waals surface area contributed by atoms with Crippen LogP contribution < -0.4 is 5.73 Å². The van der Waals surface area contributed by atoms with Gasteiger partial charge in [0, 0.05) is 0 Å². The van der Waals surface area contributed by atoms with Gasteiger partial charge < -0.3 is 10.8 Å². The van der Waals surface area contributed by atoms with Crippen LogP contribution in [0, 0.1) is 0 Å². The topological polar surface area (TPSA) is 97.5 Å². The molecule has 100 valence electrons. The highest BCUT2D eigenvalue weighted by atomic mass is 32.2. The Morgan fingerprint density at radius 2 is 1.83 bits per heavy atom. The van der Waals surface area contributed by atoms with E-state index in [0.717, 1.165) is 0 Å². The molecule has 1 aromatic carbocycles. The third-order valence-corrected chi connectivity index (χ3v) is 4.76. The lowest BCUT2D eigenvalue weighted by molar-refractivity contribution is -0.136. The third kappa shape index (κ3) is 3.54. The minimum atomic E-state index is -3.82. The van der Waals surface area contributed by atoms with Gasteiger partial charge in [-0.15, -0.1) is 0 Å². The normalized spacial score (nSPS) is 13.2. The van der Waals surface area contributed by atoms with Crippen LogP contribution in [0.3, 0.4) is 0 Å². The van der Waals surface area contributed by atoms with Crippen LogP contribution in [0.15, 0.2) is 35.2 Å². The summed E-state index contributed by atoms with van der Waals surface area (Å²) in [7, 11) is -3.82.